The molecular formula is C15H22BrN7O3. The molecule has 1 aromatic heterocycles. The summed E-state index contributed by atoms with van der Waals surface area (Å²) in [6.07, 6.45) is 0. The predicted molar refractivity (Wildman–Crippen MR) is 99.4 cm³/mol. The number of nitrogens with two attached hydrogens (primary N) is 1. The number of benzene rings is 1. The fraction of sp³-hybridized carbons (Fsp3) is 0.467. The van der Waals surface area contributed by atoms with Gasteiger partial charge in [0, 0.05) is 10.0 Å². The van der Waals surface area contributed by atoms with E-state index in [0.29, 0.717) is 18.0 Å². The van der Waals surface area contributed by atoms with Gasteiger partial charge in [0.05, 0.1) is 13.7 Å². The molecule has 0 atom stereocenters. The molecule has 2 rings (SSSR count). The van der Waals surface area contributed by atoms with Crippen molar-refractivity contribution in [2.24, 2.45) is 0 Å². The number of amides is 1. The van der Waals surface area contributed by atoms with E-state index in [1.54, 1.807) is 12.1 Å². The van der Waals surface area contributed by atoms with Gasteiger partial charge in [-0.25, -0.2) is 0 Å². The number of hydrogen-bond donors (Lipinski definition) is 3. The number of methoxy groups -OCH3 is 1. The van der Waals surface area contributed by atoms with E-state index in [1.165, 1.54) is 11.9 Å². The number of carbonyl (C=O) groups excluding carboxylic acids is 1. The zero-order valence-corrected chi connectivity index (χ0v) is 16.6. The quantitative estimate of drug-likeness (QED) is 0.597. The molecule has 0 aliphatic rings. The van der Waals surface area contributed by atoms with E-state index in [9.17, 15) is 4.79 Å². The molecular weight excluding hydrogens is 406 g/mol. The average Bonchev–Trinajstić information content (AvgIpc) is 2.95. The molecule has 0 spiro atoms. The molecule has 1 amide bonds. The molecule has 1 aromatic carbocycles. The van der Waals surface area contributed by atoms with Crippen molar-refractivity contribution in [2.45, 2.75) is 32.9 Å². The van der Waals surface area contributed by atoms with E-state index in [2.05, 4.69) is 42.2 Å². The van der Waals surface area contributed by atoms with Gasteiger partial charge in [-0.2, -0.15) is 0 Å². The molecule has 0 fully saturated rings. The lowest BCUT2D eigenvalue weighted by Gasteiger charge is -2.21. The highest BCUT2D eigenvalue weighted by Crippen LogP contribution is 2.33. The number of nitrogens with one attached hydrogen (secondary N) is 2. The second kappa shape index (κ2) is 8.21. The summed E-state index contributed by atoms with van der Waals surface area (Å²) in [4.78, 5) is 13.2. The van der Waals surface area contributed by atoms with Crippen molar-refractivity contribution in [2.75, 3.05) is 24.9 Å². The average molecular weight is 428 g/mol. The fourth-order valence-electron chi connectivity index (χ4n) is 2.05. The van der Waals surface area contributed by atoms with Crippen LogP contribution in [0.1, 0.15) is 26.3 Å². The summed E-state index contributed by atoms with van der Waals surface area (Å²) in [5.74, 6) is 0.890. The third-order valence-electron chi connectivity index (χ3n) is 3.12. The summed E-state index contributed by atoms with van der Waals surface area (Å²) >= 11 is 3.48. The first-order valence-corrected chi connectivity index (χ1v) is 8.57. The molecule has 26 heavy (non-hydrogen) atoms. The molecule has 142 valence electrons. The van der Waals surface area contributed by atoms with Gasteiger partial charge in [0.2, 0.25) is 0 Å². The monoisotopic (exact) mass is 427 g/mol. The number of nitrogen functional groups attached to an aromatic ring is 1. The zero-order valence-electron chi connectivity index (χ0n) is 15.0. The molecule has 0 aliphatic heterocycles. The third kappa shape index (κ3) is 5.48. The van der Waals surface area contributed by atoms with Crippen molar-refractivity contribution in [1.29, 1.82) is 0 Å². The zero-order chi connectivity index (χ0) is 19.3. The Morgan fingerprint density at radius 3 is 2.65 bits per heavy atom. The third-order valence-corrected chi connectivity index (χ3v) is 3.86. The van der Waals surface area contributed by atoms with Crippen LogP contribution in [0.4, 0.5) is 5.95 Å². The van der Waals surface area contributed by atoms with E-state index < -0.39 is 0 Å². The lowest BCUT2D eigenvalue weighted by molar-refractivity contribution is -0.124. The largest absolute Gasteiger partial charge is 0.493 e. The summed E-state index contributed by atoms with van der Waals surface area (Å²) < 4.78 is 11.7. The molecule has 11 heteroatoms. The van der Waals surface area contributed by atoms with Crippen LogP contribution in [0.15, 0.2) is 16.6 Å². The van der Waals surface area contributed by atoms with Crippen LogP contribution in [-0.2, 0) is 11.3 Å². The Kier molecular flexibility index (Phi) is 6.24. The number of ether oxygens (including phenoxy) is 2. The molecule has 4 N–H and O–H groups in total. The number of tetrazole rings is 1. The van der Waals surface area contributed by atoms with Crippen molar-refractivity contribution in [1.82, 2.24) is 25.6 Å². The smallest absolute Gasteiger partial charge is 0.260 e. The number of halogens is 1. The van der Waals surface area contributed by atoms with E-state index in [1.807, 2.05) is 20.8 Å². The van der Waals surface area contributed by atoms with Gasteiger partial charge in [0.15, 0.2) is 18.1 Å². The van der Waals surface area contributed by atoms with Crippen LogP contribution in [-0.4, -0.2) is 45.5 Å². The second-order valence-electron chi connectivity index (χ2n) is 6.47. The SMILES string of the molecule is COc1cc(CNn2nnnc2N)c(Br)cc1OCC(=O)NC(C)(C)C. The minimum absolute atomic E-state index is 0.112. The normalized spacial score (nSPS) is 11.1. The Morgan fingerprint density at radius 2 is 2.08 bits per heavy atom. The highest BCUT2D eigenvalue weighted by atomic mass is 79.9. The molecule has 0 unspecified atom stereocenters. The van der Waals surface area contributed by atoms with Crippen LogP contribution in [0.5, 0.6) is 11.5 Å². The van der Waals surface area contributed by atoms with E-state index in [-0.39, 0.29) is 24.0 Å². The molecule has 0 saturated carbocycles. The van der Waals surface area contributed by atoms with E-state index >= 15 is 0 Å². The summed E-state index contributed by atoms with van der Waals surface area (Å²) in [6.45, 7) is 5.99. The molecule has 2 aromatic rings. The number of hydrogen-bond acceptors (Lipinski definition) is 8. The maximum atomic E-state index is 11.9. The van der Waals surface area contributed by atoms with Crippen LogP contribution < -0.4 is 25.9 Å². The summed E-state index contributed by atoms with van der Waals surface area (Å²) in [6, 6.07) is 3.53. The standard InChI is InChI=1S/C15H22BrN7O3/c1-15(2,3)19-13(24)8-26-12-6-10(16)9(5-11(12)25-4)7-18-23-14(17)20-21-22-23/h5-6,18H,7-8H2,1-4H3,(H,19,24)(H2,17,20,22). The van der Waals surface area contributed by atoms with Gasteiger partial charge < -0.3 is 25.9 Å². The molecule has 0 saturated heterocycles. The topological polar surface area (TPSA) is 129 Å². The highest BCUT2D eigenvalue weighted by Gasteiger charge is 2.16. The van der Waals surface area contributed by atoms with Crippen molar-refractivity contribution in [3.8, 4) is 11.5 Å². The van der Waals surface area contributed by atoms with Crippen LogP contribution in [0.25, 0.3) is 0 Å². The van der Waals surface area contributed by atoms with Crippen molar-refractivity contribution < 1.29 is 14.3 Å². The lowest BCUT2D eigenvalue weighted by atomic mass is 10.1. The Hall–Kier alpha value is -2.56. The number of aromatic nitrogens is 4. The van der Waals surface area contributed by atoms with Crippen LogP contribution in [0, 0.1) is 0 Å². The number of nitrogens with zero attached hydrogens (tertiary/aromatic N) is 4. The fourth-order valence-corrected chi connectivity index (χ4v) is 2.51. The maximum absolute atomic E-state index is 11.9. The van der Waals surface area contributed by atoms with Gasteiger partial charge in [-0.3, -0.25) is 4.79 Å². The molecule has 10 nitrogen and oxygen atoms in total. The lowest BCUT2D eigenvalue weighted by Crippen LogP contribution is -2.43. The minimum atomic E-state index is -0.321. The molecule has 1 heterocycles. The first kappa shape index (κ1) is 19.8. The maximum Gasteiger partial charge on any atom is 0.260 e. The first-order chi connectivity index (χ1) is 12.2. The Balaban J connectivity index is 2.06. The van der Waals surface area contributed by atoms with Crippen LogP contribution in [0.2, 0.25) is 0 Å². The number of anilines is 1. The molecule has 0 radical (unpaired) electrons. The predicted octanol–water partition coefficient (Wildman–Crippen LogP) is 1.06. The van der Waals surface area contributed by atoms with Gasteiger partial charge in [0.1, 0.15) is 0 Å². The summed E-state index contributed by atoms with van der Waals surface area (Å²) in [5, 5.41) is 13.6. The Morgan fingerprint density at radius 1 is 1.35 bits per heavy atom. The van der Waals surface area contributed by atoms with E-state index in [0.717, 1.165) is 10.0 Å². The number of carbonyl (C=O) groups is 1. The summed E-state index contributed by atoms with van der Waals surface area (Å²) in [7, 11) is 1.53. The van der Waals surface area contributed by atoms with Crippen LogP contribution in [0.3, 0.4) is 0 Å². The van der Waals surface area contributed by atoms with Gasteiger partial charge >= 0.3 is 0 Å². The Bertz CT molecular complexity index is 773. The van der Waals surface area contributed by atoms with Gasteiger partial charge in [-0.05, 0) is 48.9 Å². The second-order valence-corrected chi connectivity index (χ2v) is 7.32. The van der Waals surface area contributed by atoms with Gasteiger partial charge in [-0.1, -0.05) is 21.0 Å². The highest BCUT2D eigenvalue weighted by molar-refractivity contribution is 9.10. The van der Waals surface area contributed by atoms with Crippen molar-refractivity contribution in [3.05, 3.63) is 22.2 Å². The van der Waals surface area contributed by atoms with Gasteiger partial charge in [-0.15, -0.1) is 4.79 Å². The van der Waals surface area contributed by atoms with Gasteiger partial charge in [0.25, 0.3) is 11.9 Å². The first-order valence-electron chi connectivity index (χ1n) is 7.77. The Labute approximate surface area is 159 Å². The van der Waals surface area contributed by atoms with Crippen molar-refractivity contribution >= 4 is 27.8 Å². The minimum Gasteiger partial charge on any atom is -0.493 e. The molecule has 0 aliphatic carbocycles. The van der Waals surface area contributed by atoms with Crippen LogP contribution >= 0.6 is 15.9 Å². The number of rotatable bonds is 7. The van der Waals surface area contributed by atoms with Crippen molar-refractivity contribution in [3.63, 3.8) is 0 Å². The molecule has 0 bridgehead atoms. The summed E-state index contributed by atoms with van der Waals surface area (Å²) in [5.41, 5.74) is 9.11. The van der Waals surface area contributed by atoms with E-state index in [4.69, 9.17) is 15.2 Å².